The van der Waals surface area contributed by atoms with E-state index in [0.717, 1.165) is 28.6 Å². The van der Waals surface area contributed by atoms with Crippen LogP contribution in [0, 0.1) is 0 Å². The highest BCUT2D eigenvalue weighted by molar-refractivity contribution is 5.73. The Kier molecular flexibility index (Phi) is 3.88. The van der Waals surface area contributed by atoms with E-state index in [9.17, 15) is 0 Å². The summed E-state index contributed by atoms with van der Waals surface area (Å²) in [6.07, 6.45) is 0. The molecule has 0 saturated heterocycles. The van der Waals surface area contributed by atoms with E-state index in [1.807, 2.05) is 47.9 Å². The molecule has 1 aromatic carbocycles. The van der Waals surface area contributed by atoms with Gasteiger partial charge < -0.3 is 15.4 Å². The summed E-state index contributed by atoms with van der Waals surface area (Å²) < 4.78 is 7.01. The largest absolute Gasteiger partial charge is 0.497 e. The van der Waals surface area contributed by atoms with Crippen LogP contribution in [-0.2, 0) is 7.05 Å². The molecule has 0 aliphatic rings. The average molecular weight is 274 g/mol. The second-order valence-electron chi connectivity index (χ2n) is 5.16. The maximum absolute atomic E-state index is 6.25. The zero-order valence-corrected chi connectivity index (χ0v) is 12.7. The van der Waals surface area contributed by atoms with Crippen LogP contribution in [0.4, 0.5) is 17.2 Å². The predicted octanol–water partition coefficient (Wildman–Crippen LogP) is 2.90. The van der Waals surface area contributed by atoms with Gasteiger partial charge in [0.2, 0.25) is 0 Å². The molecule has 108 valence electrons. The number of benzene rings is 1. The van der Waals surface area contributed by atoms with Gasteiger partial charge in [-0.15, -0.1) is 0 Å². The maximum atomic E-state index is 6.25. The summed E-state index contributed by atoms with van der Waals surface area (Å²) in [6.45, 7) is 4.19. The molecule has 0 fully saturated rings. The molecule has 0 aliphatic heterocycles. The van der Waals surface area contributed by atoms with Gasteiger partial charge in [-0.05, 0) is 30.2 Å². The first-order chi connectivity index (χ1) is 9.45. The van der Waals surface area contributed by atoms with Crippen LogP contribution >= 0.6 is 0 Å². The lowest BCUT2D eigenvalue weighted by Gasteiger charge is -2.20. The van der Waals surface area contributed by atoms with E-state index < -0.39 is 0 Å². The van der Waals surface area contributed by atoms with Crippen LogP contribution in [0.3, 0.4) is 0 Å². The first kappa shape index (κ1) is 14.2. The van der Waals surface area contributed by atoms with Crippen molar-refractivity contribution in [1.29, 1.82) is 0 Å². The SMILES string of the molecule is COc1ccc(N(C)c2c(N)c(C(C)C)nn2C)cc1. The van der Waals surface area contributed by atoms with E-state index in [4.69, 9.17) is 10.5 Å². The third kappa shape index (κ3) is 2.43. The second kappa shape index (κ2) is 5.45. The van der Waals surface area contributed by atoms with Crippen molar-refractivity contribution in [3.63, 3.8) is 0 Å². The van der Waals surface area contributed by atoms with Crippen molar-refractivity contribution < 1.29 is 4.74 Å². The normalized spacial score (nSPS) is 10.9. The van der Waals surface area contributed by atoms with Crippen LogP contribution < -0.4 is 15.4 Å². The van der Waals surface area contributed by atoms with Gasteiger partial charge >= 0.3 is 0 Å². The van der Waals surface area contributed by atoms with Crippen molar-refractivity contribution in [2.45, 2.75) is 19.8 Å². The zero-order chi connectivity index (χ0) is 14.9. The summed E-state index contributed by atoms with van der Waals surface area (Å²) in [4.78, 5) is 2.04. The zero-order valence-electron chi connectivity index (χ0n) is 12.7. The van der Waals surface area contributed by atoms with Gasteiger partial charge in [0.25, 0.3) is 0 Å². The number of ether oxygens (including phenoxy) is 1. The molecule has 0 aliphatic carbocycles. The Morgan fingerprint density at radius 1 is 1.25 bits per heavy atom. The van der Waals surface area contributed by atoms with E-state index in [1.54, 1.807) is 7.11 Å². The van der Waals surface area contributed by atoms with Crippen molar-refractivity contribution >= 4 is 17.2 Å². The highest BCUT2D eigenvalue weighted by Gasteiger charge is 2.19. The quantitative estimate of drug-likeness (QED) is 0.931. The topological polar surface area (TPSA) is 56.3 Å². The smallest absolute Gasteiger partial charge is 0.154 e. The molecule has 5 nitrogen and oxygen atoms in total. The van der Waals surface area contributed by atoms with E-state index >= 15 is 0 Å². The van der Waals surface area contributed by atoms with Crippen LogP contribution in [0.1, 0.15) is 25.5 Å². The first-order valence-corrected chi connectivity index (χ1v) is 6.65. The van der Waals surface area contributed by atoms with Crippen molar-refractivity contribution in [2.24, 2.45) is 7.05 Å². The summed E-state index contributed by atoms with van der Waals surface area (Å²) in [5, 5.41) is 4.52. The summed E-state index contributed by atoms with van der Waals surface area (Å²) in [5.74, 6) is 2.04. The average Bonchev–Trinajstić information content (AvgIpc) is 2.73. The Morgan fingerprint density at radius 2 is 1.85 bits per heavy atom. The number of nitrogens with zero attached hydrogens (tertiary/aromatic N) is 3. The van der Waals surface area contributed by atoms with Gasteiger partial charge in [-0.2, -0.15) is 5.10 Å². The Hall–Kier alpha value is -2.17. The lowest BCUT2D eigenvalue weighted by atomic mass is 10.1. The van der Waals surface area contributed by atoms with Gasteiger partial charge in [-0.25, -0.2) is 0 Å². The fraction of sp³-hybridized carbons (Fsp3) is 0.400. The molecular weight excluding hydrogens is 252 g/mol. The molecule has 1 heterocycles. The van der Waals surface area contributed by atoms with Crippen molar-refractivity contribution in [3.05, 3.63) is 30.0 Å². The van der Waals surface area contributed by atoms with Gasteiger partial charge in [0, 0.05) is 19.8 Å². The number of rotatable bonds is 4. The Balaban J connectivity index is 2.39. The summed E-state index contributed by atoms with van der Waals surface area (Å²) in [7, 11) is 5.56. The molecule has 0 bridgehead atoms. The minimum absolute atomic E-state index is 0.305. The van der Waals surface area contributed by atoms with Crippen molar-refractivity contribution in [1.82, 2.24) is 9.78 Å². The Labute approximate surface area is 119 Å². The van der Waals surface area contributed by atoms with Gasteiger partial charge in [-0.1, -0.05) is 13.8 Å². The van der Waals surface area contributed by atoms with Crippen LogP contribution in [0.15, 0.2) is 24.3 Å². The number of aryl methyl sites for hydroxylation is 1. The minimum Gasteiger partial charge on any atom is -0.497 e. The molecule has 2 aromatic rings. The van der Waals surface area contributed by atoms with Gasteiger partial charge in [0.05, 0.1) is 18.5 Å². The first-order valence-electron chi connectivity index (χ1n) is 6.65. The molecule has 1 aromatic heterocycles. The third-order valence-corrected chi connectivity index (χ3v) is 3.41. The van der Waals surface area contributed by atoms with Crippen molar-refractivity contribution in [2.75, 3.05) is 24.8 Å². The van der Waals surface area contributed by atoms with E-state index in [-0.39, 0.29) is 0 Å². The van der Waals surface area contributed by atoms with Crippen LogP contribution in [0.2, 0.25) is 0 Å². The fourth-order valence-electron chi connectivity index (χ4n) is 2.30. The van der Waals surface area contributed by atoms with Gasteiger partial charge in [0.1, 0.15) is 5.75 Å². The number of hydrogen-bond acceptors (Lipinski definition) is 4. The monoisotopic (exact) mass is 274 g/mol. The summed E-state index contributed by atoms with van der Waals surface area (Å²) >= 11 is 0. The number of nitrogen functional groups attached to an aromatic ring is 1. The lowest BCUT2D eigenvalue weighted by molar-refractivity contribution is 0.415. The molecule has 2 rings (SSSR count). The summed E-state index contributed by atoms with van der Waals surface area (Å²) in [6, 6.07) is 7.87. The predicted molar refractivity (Wildman–Crippen MR) is 82.8 cm³/mol. The standard InChI is InChI=1S/C15H22N4O/c1-10(2)14-13(16)15(19(4)17-14)18(3)11-6-8-12(20-5)9-7-11/h6-10H,16H2,1-5H3. The molecule has 0 amide bonds. The van der Waals surface area contributed by atoms with E-state index in [0.29, 0.717) is 5.92 Å². The van der Waals surface area contributed by atoms with Gasteiger partial charge in [0.15, 0.2) is 5.82 Å². The molecule has 0 saturated carbocycles. The number of hydrogen-bond donors (Lipinski definition) is 1. The number of methoxy groups -OCH3 is 1. The van der Waals surface area contributed by atoms with E-state index in [2.05, 4.69) is 18.9 Å². The molecular formula is C15H22N4O. The molecule has 2 N–H and O–H groups in total. The Morgan fingerprint density at radius 3 is 2.30 bits per heavy atom. The van der Waals surface area contributed by atoms with Crippen LogP contribution in [-0.4, -0.2) is 23.9 Å². The number of nitrogens with two attached hydrogens (primary N) is 1. The molecule has 0 unspecified atom stereocenters. The van der Waals surface area contributed by atoms with Crippen molar-refractivity contribution in [3.8, 4) is 5.75 Å². The highest BCUT2D eigenvalue weighted by atomic mass is 16.5. The number of aromatic nitrogens is 2. The molecule has 0 spiro atoms. The third-order valence-electron chi connectivity index (χ3n) is 3.41. The Bertz CT molecular complexity index is 587. The summed E-state index contributed by atoms with van der Waals surface area (Å²) in [5.41, 5.74) is 8.96. The van der Waals surface area contributed by atoms with Crippen LogP contribution in [0.25, 0.3) is 0 Å². The molecule has 20 heavy (non-hydrogen) atoms. The minimum atomic E-state index is 0.305. The highest BCUT2D eigenvalue weighted by Crippen LogP contribution is 2.34. The number of anilines is 3. The second-order valence-corrected chi connectivity index (χ2v) is 5.16. The fourth-order valence-corrected chi connectivity index (χ4v) is 2.30. The molecule has 5 heteroatoms. The van der Waals surface area contributed by atoms with Gasteiger partial charge in [-0.3, -0.25) is 4.68 Å². The van der Waals surface area contributed by atoms with Crippen LogP contribution in [0.5, 0.6) is 5.75 Å². The maximum Gasteiger partial charge on any atom is 0.154 e. The molecule has 0 atom stereocenters. The van der Waals surface area contributed by atoms with E-state index in [1.165, 1.54) is 0 Å². The molecule has 0 radical (unpaired) electrons. The lowest BCUT2D eigenvalue weighted by Crippen LogP contribution is -2.15.